The molecule has 158 valence electrons. The number of anilines is 1. The van der Waals surface area contributed by atoms with Crippen LogP contribution in [-0.2, 0) is 10.0 Å². The lowest BCUT2D eigenvalue weighted by atomic mass is 9.93. The minimum absolute atomic E-state index is 0.0165. The summed E-state index contributed by atoms with van der Waals surface area (Å²) in [6, 6.07) is 11.3. The van der Waals surface area contributed by atoms with Crippen molar-refractivity contribution in [2.45, 2.75) is 45.6 Å². The minimum Gasteiger partial charge on any atom is -0.349 e. The standard InChI is InChI=1S/C22H29ClN2O3S/c1-14(2)21(15(3)4)24-22(26)19-12-9-17(13-20(19)23)25(6)29(27,28)18-10-7-16(5)8-11-18/h7-15,21H,1-6H3,(H,24,26). The smallest absolute Gasteiger partial charge is 0.264 e. The van der Waals surface area contributed by atoms with Gasteiger partial charge in [-0.2, -0.15) is 0 Å². The molecule has 29 heavy (non-hydrogen) atoms. The Morgan fingerprint density at radius 3 is 2.03 bits per heavy atom. The van der Waals surface area contributed by atoms with Crippen molar-refractivity contribution in [2.75, 3.05) is 11.4 Å². The predicted octanol–water partition coefficient (Wildman–Crippen LogP) is 4.88. The fourth-order valence-electron chi connectivity index (χ4n) is 3.22. The highest BCUT2D eigenvalue weighted by molar-refractivity contribution is 7.92. The molecule has 0 aliphatic carbocycles. The molecule has 0 spiro atoms. The monoisotopic (exact) mass is 436 g/mol. The number of carbonyl (C=O) groups is 1. The third kappa shape index (κ3) is 5.31. The molecule has 0 unspecified atom stereocenters. The Hall–Kier alpha value is -2.05. The molecule has 2 aromatic rings. The minimum atomic E-state index is -3.73. The zero-order chi connectivity index (χ0) is 21.9. The van der Waals surface area contributed by atoms with Crippen LogP contribution in [0.5, 0.6) is 0 Å². The molecule has 0 aromatic heterocycles. The number of nitrogens with zero attached hydrogens (tertiary/aromatic N) is 1. The van der Waals surface area contributed by atoms with Gasteiger partial charge in [0.15, 0.2) is 0 Å². The van der Waals surface area contributed by atoms with E-state index in [1.165, 1.54) is 13.1 Å². The van der Waals surface area contributed by atoms with Crippen LogP contribution in [0.1, 0.15) is 43.6 Å². The van der Waals surface area contributed by atoms with Gasteiger partial charge in [-0.25, -0.2) is 8.42 Å². The number of carbonyl (C=O) groups excluding carboxylic acids is 1. The molecule has 0 radical (unpaired) electrons. The maximum Gasteiger partial charge on any atom is 0.264 e. The molecule has 2 rings (SSSR count). The van der Waals surface area contributed by atoms with Crippen molar-refractivity contribution >= 4 is 33.2 Å². The van der Waals surface area contributed by atoms with Crippen LogP contribution in [0.25, 0.3) is 0 Å². The van der Waals surface area contributed by atoms with Gasteiger partial charge >= 0.3 is 0 Å². The zero-order valence-electron chi connectivity index (χ0n) is 17.7. The normalized spacial score (nSPS) is 11.9. The molecule has 7 heteroatoms. The van der Waals surface area contributed by atoms with Crippen LogP contribution in [0.15, 0.2) is 47.4 Å². The fraction of sp³-hybridized carbons (Fsp3) is 0.409. The molecule has 0 atom stereocenters. The second-order valence-corrected chi connectivity index (χ2v) is 10.3. The van der Waals surface area contributed by atoms with Gasteiger partial charge in [0.25, 0.3) is 15.9 Å². The van der Waals surface area contributed by atoms with E-state index >= 15 is 0 Å². The maximum atomic E-state index is 12.9. The number of sulfonamides is 1. The first kappa shape index (κ1) is 23.2. The number of benzene rings is 2. The summed E-state index contributed by atoms with van der Waals surface area (Å²) in [6.45, 7) is 10.1. The molecule has 0 bridgehead atoms. The van der Waals surface area contributed by atoms with E-state index in [9.17, 15) is 13.2 Å². The Kier molecular flexibility index (Phi) is 7.35. The first-order valence-corrected chi connectivity index (χ1v) is 11.4. The SMILES string of the molecule is Cc1ccc(S(=O)(=O)N(C)c2ccc(C(=O)NC(C(C)C)C(C)C)c(Cl)c2)cc1. The molecule has 1 N–H and O–H groups in total. The number of hydrogen-bond acceptors (Lipinski definition) is 3. The Labute approximate surface area is 179 Å². The summed E-state index contributed by atoms with van der Waals surface area (Å²) >= 11 is 6.35. The highest BCUT2D eigenvalue weighted by Gasteiger charge is 2.24. The first-order valence-electron chi connectivity index (χ1n) is 9.61. The average Bonchev–Trinajstić information content (AvgIpc) is 2.64. The second-order valence-electron chi connectivity index (χ2n) is 7.94. The van der Waals surface area contributed by atoms with Crippen LogP contribution < -0.4 is 9.62 Å². The number of nitrogens with one attached hydrogen (secondary N) is 1. The highest BCUT2D eigenvalue weighted by Crippen LogP contribution is 2.27. The predicted molar refractivity (Wildman–Crippen MR) is 119 cm³/mol. The largest absolute Gasteiger partial charge is 0.349 e. The van der Waals surface area contributed by atoms with Crippen LogP contribution in [0, 0.1) is 18.8 Å². The van der Waals surface area contributed by atoms with E-state index in [0.29, 0.717) is 11.3 Å². The van der Waals surface area contributed by atoms with Gasteiger partial charge in [0.1, 0.15) is 0 Å². The third-order valence-corrected chi connectivity index (χ3v) is 7.09. The molecule has 0 aliphatic heterocycles. The molecular formula is C22H29ClN2O3S. The Bertz CT molecular complexity index is 962. The van der Waals surface area contributed by atoms with Crippen molar-refractivity contribution in [3.63, 3.8) is 0 Å². The summed E-state index contributed by atoms with van der Waals surface area (Å²) in [4.78, 5) is 12.9. The zero-order valence-corrected chi connectivity index (χ0v) is 19.3. The van der Waals surface area contributed by atoms with E-state index in [1.54, 1.807) is 36.4 Å². The number of halogens is 1. The van der Waals surface area contributed by atoms with Gasteiger partial charge in [0.2, 0.25) is 0 Å². The lowest BCUT2D eigenvalue weighted by Crippen LogP contribution is -2.42. The molecule has 2 aromatic carbocycles. The van der Waals surface area contributed by atoms with Crippen molar-refractivity contribution in [1.82, 2.24) is 5.32 Å². The fourth-order valence-corrected chi connectivity index (χ4v) is 4.67. The van der Waals surface area contributed by atoms with Gasteiger partial charge < -0.3 is 5.32 Å². The maximum absolute atomic E-state index is 12.9. The summed E-state index contributed by atoms with van der Waals surface area (Å²) < 4.78 is 26.9. The second kappa shape index (κ2) is 9.18. The van der Waals surface area contributed by atoms with Gasteiger partial charge in [0, 0.05) is 13.1 Å². The third-order valence-electron chi connectivity index (χ3n) is 4.97. The Balaban J connectivity index is 2.28. The number of amides is 1. The Morgan fingerprint density at radius 1 is 1.00 bits per heavy atom. The summed E-state index contributed by atoms with van der Waals surface area (Å²) in [5, 5.41) is 3.23. The molecule has 0 aliphatic rings. The van der Waals surface area contributed by atoms with Crippen molar-refractivity contribution in [3.8, 4) is 0 Å². The van der Waals surface area contributed by atoms with E-state index in [4.69, 9.17) is 11.6 Å². The van der Waals surface area contributed by atoms with Crippen molar-refractivity contribution in [1.29, 1.82) is 0 Å². The van der Waals surface area contributed by atoms with Crippen LogP contribution in [0.4, 0.5) is 5.69 Å². The average molecular weight is 437 g/mol. The molecular weight excluding hydrogens is 408 g/mol. The van der Waals surface area contributed by atoms with Crippen LogP contribution in [0.3, 0.4) is 0 Å². The first-order chi connectivity index (χ1) is 13.4. The van der Waals surface area contributed by atoms with E-state index in [0.717, 1.165) is 9.87 Å². The topological polar surface area (TPSA) is 66.5 Å². The number of rotatable bonds is 7. The summed E-state index contributed by atoms with van der Waals surface area (Å²) in [7, 11) is -2.26. The van der Waals surface area contributed by atoms with Crippen molar-refractivity contribution in [2.24, 2.45) is 11.8 Å². The lowest BCUT2D eigenvalue weighted by Gasteiger charge is -2.26. The molecule has 0 saturated carbocycles. The highest BCUT2D eigenvalue weighted by atomic mass is 35.5. The van der Waals surface area contributed by atoms with Crippen LogP contribution >= 0.6 is 11.6 Å². The molecule has 0 saturated heterocycles. The molecule has 5 nitrogen and oxygen atoms in total. The van der Waals surface area contributed by atoms with Gasteiger partial charge in [-0.1, -0.05) is 57.0 Å². The van der Waals surface area contributed by atoms with E-state index in [2.05, 4.69) is 33.0 Å². The van der Waals surface area contributed by atoms with Crippen LogP contribution in [-0.4, -0.2) is 27.4 Å². The van der Waals surface area contributed by atoms with E-state index in [-0.39, 0.29) is 33.7 Å². The summed E-state index contributed by atoms with van der Waals surface area (Å²) in [5.41, 5.74) is 1.69. The number of aryl methyl sites for hydroxylation is 1. The van der Waals surface area contributed by atoms with Gasteiger partial charge in [0.05, 0.1) is 21.2 Å². The lowest BCUT2D eigenvalue weighted by molar-refractivity contribution is 0.0910. The quantitative estimate of drug-likeness (QED) is 0.672. The van der Waals surface area contributed by atoms with Crippen molar-refractivity contribution in [3.05, 3.63) is 58.6 Å². The molecule has 0 fully saturated rings. The van der Waals surface area contributed by atoms with Crippen LogP contribution in [0.2, 0.25) is 5.02 Å². The van der Waals surface area contributed by atoms with Gasteiger partial charge in [-0.3, -0.25) is 9.10 Å². The summed E-state index contributed by atoms with van der Waals surface area (Å²) in [5.74, 6) is 0.295. The number of hydrogen-bond donors (Lipinski definition) is 1. The van der Waals surface area contributed by atoms with Crippen molar-refractivity contribution < 1.29 is 13.2 Å². The van der Waals surface area contributed by atoms with E-state index in [1.807, 2.05) is 6.92 Å². The van der Waals surface area contributed by atoms with Gasteiger partial charge in [-0.05, 0) is 49.1 Å². The molecule has 0 heterocycles. The Morgan fingerprint density at radius 2 is 1.55 bits per heavy atom. The summed E-state index contributed by atoms with van der Waals surface area (Å²) in [6.07, 6.45) is 0. The van der Waals surface area contributed by atoms with E-state index < -0.39 is 10.0 Å². The molecule has 1 amide bonds. The van der Waals surface area contributed by atoms with Gasteiger partial charge in [-0.15, -0.1) is 0 Å².